The van der Waals surface area contributed by atoms with Crippen LogP contribution in [0.2, 0.25) is 0 Å². The number of hydrogen-bond donors (Lipinski definition) is 13. The molecule has 20 heteroatoms. The Labute approximate surface area is 299 Å². The van der Waals surface area contributed by atoms with Gasteiger partial charge in [0, 0.05) is 18.2 Å². The number of aliphatic hydroxyl groups is 9. The minimum Gasteiger partial charge on any atom is -0.507 e. The number of aromatic hydroxyl groups is 4. The Morgan fingerprint density at radius 3 is 2.02 bits per heavy atom. The molecule has 0 aliphatic carbocycles. The maximum atomic E-state index is 11.6. The molecule has 2 aromatic carbocycles. The molecule has 0 unspecified atom stereocenters. The SMILES string of the molecule is C[C@@H]1O[C@@H](OC[C@H]2O[C@@H](Oc3cc4c(O)cc(O)cc4[o+]c3-c3ccc(O)c(O)c3)[C@H](O)[C@@H](O[C@@H]3O[C@H](CO)[C@@H](O)[C@H](O)[C@H]3O)[C@@H]2O)[C@H](O)[C@H](O)[C@H]1O. The molecule has 20 nitrogen and oxygen atoms in total. The van der Waals surface area contributed by atoms with Gasteiger partial charge in [0.25, 0.3) is 0 Å². The van der Waals surface area contributed by atoms with Crippen LogP contribution in [-0.2, 0) is 23.7 Å². The van der Waals surface area contributed by atoms with Crippen LogP contribution in [0.4, 0.5) is 0 Å². The summed E-state index contributed by atoms with van der Waals surface area (Å²) in [6.45, 7) is -0.0769. The molecule has 3 aliphatic heterocycles. The van der Waals surface area contributed by atoms with Gasteiger partial charge in [-0.15, -0.1) is 0 Å². The molecule has 0 radical (unpaired) electrons. The zero-order valence-electron chi connectivity index (χ0n) is 27.7. The van der Waals surface area contributed by atoms with E-state index >= 15 is 0 Å². The molecule has 292 valence electrons. The van der Waals surface area contributed by atoms with Gasteiger partial charge in [0.05, 0.1) is 30.9 Å². The summed E-state index contributed by atoms with van der Waals surface area (Å²) in [5.74, 6) is -2.36. The van der Waals surface area contributed by atoms with E-state index in [1.807, 2.05) is 0 Å². The van der Waals surface area contributed by atoms with Crippen molar-refractivity contribution in [2.45, 2.75) is 99.0 Å². The monoisotopic (exact) mass is 757 g/mol. The van der Waals surface area contributed by atoms with Crippen LogP contribution in [0.25, 0.3) is 22.3 Å². The molecule has 0 amide bonds. The Bertz CT molecular complexity index is 1740. The summed E-state index contributed by atoms with van der Waals surface area (Å²) in [7, 11) is 0. The van der Waals surface area contributed by atoms with Crippen LogP contribution in [0.3, 0.4) is 0 Å². The number of phenolic OH excluding ortho intramolecular Hbond substituents is 4. The van der Waals surface area contributed by atoms with Gasteiger partial charge in [-0.05, 0) is 19.1 Å². The number of benzene rings is 2. The first kappa shape index (κ1) is 39.0. The van der Waals surface area contributed by atoms with E-state index in [4.69, 9.17) is 32.8 Å². The van der Waals surface area contributed by atoms with Crippen LogP contribution < -0.4 is 4.74 Å². The molecule has 4 heterocycles. The van der Waals surface area contributed by atoms with Gasteiger partial charge in [-0.1, -0.05) is 0 Å². The van der Waals surface area contributed by atoms with Crippen molar-refractivity contribution in [1.82, 2.24) is 0 Å². The molecule has 3 aliphatic rings. The van der Waals surface area contributed by atoms with Gasteiger partial charge in [0.1, 0.15) is 84.0 Å². The molecule has 1 aromatic heterocycles. The summed E-state index contributed by atoms with van der Waals surface area (Å²) in [5.41, 5.74) is 0.0123. The van der Waals surface area contributed by atoms with Crippen molar-refractivity contribution in [2.24, 2.45) is 0 Å². The van der Waals surface area contributed by atoms with Crippen LogP contribution in [0.15, 0.2) is 40.8 Å². The fourth-order valence-electron chi connectivity index (χ4n) is 6.24. The van der Waals surface area contributed by atoms with E-state index in [-0.39, 0.29) is 33.8 Å². The summed E-state index contributed by atoms with van der Waals surface area (Å²) in [6, 6.07) is 6.95. The highest BCUT2D eigenvalue weighted by Crippen LogP contribution is 2.42. The predicted octanol–water partition coefficient (Wildman–Crippen LogP) is -2.94. The Kier molecular flexibility index (Phi) is 11.5. The molecule has 0 saturated carbocycles. The maximum absolute atomic E-state index is 11.6. The van der Waals surface area contributed by atoms with Crippen LogP contribution >= 0.6 is 0 Å². The molecule has 6 rings (SSSR count). The third-order valence-corrected chi connectivity index (χ3v) is 9.31. The quantitative estimate of drug-likeness (QED) is 0.0767. The van der Waals surface area contributed by atoms with Crippen molar-refractivity contribution in [3.8, 4) is 40.1 Å². The predicted molar refractivity (Wildman–Crippen MR) is 171 cm³/mol. The highest BCUT2D eigenvalue weighted by Gasteiger charge is 2.52. The van der Waals surface area contributed by atoms with Crippen molar-refractivity contribution in [3.63, 3.8) is 0 Å². The molecular weight excluding hydrogens is 716 g/mol. The summed E-state index contributed by atoms with van der Waals surface area (Å²) >= 11 is 0. The second-order valence-electron chi connectivity index (χ2n) is 13.0. The zero-order valence-corrected chi connectivity index (χ0v) is 27.7. The number of aliphatic hydroxyl groups excluding tert-OH is 9. The second kappa shape index (κ2) is 15.6. The van der Waals surface area contributed by atoms with Crippen molar-refractivity contribution in [2.75, 3.05) is 13.2 Å². The number of ether oxygens (including phenoxy) is 6. The van der Waals surface area contributed by atoms with E-state index in [1.165, 1.54) is 25.1 Å². The Morgan fingerprint density at radius 1 is 0.642 bits per heavy atom. The van der Waals surface area contributed by atoms with Crippen molar-refractivity contribution >= 4 is 11.0 Å². The van der Waals surface area contributed by atoms with E-state index < -0.39 is 123 Å². The second-order valence-corrected chi connectivity index (χ2v) is 13.0. The fraction of sp³-hybridized carbons (Fsp3) is 0.545. The summed E-state index contributed by atoms with van der Waals surface area (Å²) < 4.78 is 40.1. The standard InChI is InChI=1S/C33H40O20/c1-10-21(39)24(42)26(44)31(48-10)47-9-20-23(41)30(53-32-27(45)25(43)22(40)19(8-34)51-32)28(46)33(52-20)50-18-7-13-15(37)5-12(35)6-17(13)49-29(18)11-2-3-14(36)16(38)4-11/h2-7,10,19-28,30-34,39-46H,8-9H2,1H3,(H3-,35,36,37,38)/p+1/t10-,19+,20+,21-,22+,23+,24+,25-,26+,27+,28+,30-,31+,32-,33+/m0/s1. The maximum Gasteiger partial charge on any atom is 0.402 e. The minimum atomic E-state index is -2.01. The van der Waals surface area contributed by atoms with Gasteiger partial charge in [-0.3, -0.25) is 0 Å². The van der Waals surface area contributed by atoms with Crippen molar-refractivity contribution < 1.29 is 99.2 Å². The Morgan fingerprint density at radius 2 is 1.32 bits per heavy atom. The molecule has 3 fully saturated rings. The summed E-state index contributed by atoms with van der Waals surface area (Å²) in [6.07, 6.45) is -25.5. The normalized spacial score (nSPS) is 37.8. The molecule has 13 N–H and O–H groups in total. The van der Waals surface area contributed by atoms with E-state index in [9.17, 15) is 66.4 Å². The van der Waals surface area contributed by atoms with Gasteiger partial charge in [0.2, 0.25) is 12.0 Å². The first-order chi connectivity index (χ1) is 25.1. The van der Waals surface area contributed by atoms with E-state index in [2.05, 4.69) is 0 Å². The molecule has 3 aromatic rings. The number of phenols is 4. The molecule has 0 spiro atoms. The first-order valence-corrected chi connectivity index (χ1v) is 16.4. The van der Waals surface area contributed by atoms with Gasteiger partial charge in [-0.25, -0.2) is 4.42 Å². The Balaban J connectivity index is 1.35. The highest BCUT2D eigenvalue weighted by molar-refractivity contribution is 5.88. The van der Waals surface area contributed by atoms with Gasteiger partial charge in [-0.2, -0.15) is 0 Å². The lowest BCUT2D eigenvalue weighted by molar-refractivity contribution is -0.358. The van der Waals surface area contributed by atoms with Gasteiger partial charge < -0.3 is 94.8 Å². The van der Waals surface area contributed by atoms with Crippen LogP contribution in [0, 0.1) is 0 Å². The fourth-order valence-corrected chi connectivity index (χ4v) is 6.24. The zero-order chi connectivity index (χ0) is 38.5. The van der Waals surface area contributed by atoms with Gasteiger partial charge >= 0.3 is 11.3 Å². The lowest BCUT2D eigenvalue weighted by Crippen LogP contribution is -2.65. The third-order valence-electron chi connectivity index (χ3n) is 9.31. The minimum absolute atomic E-state index is 0.0119. The van der Waals surface area contributed by atoms with Crippen LogP contribution in [0.5, 0.6) is 28.7 Å². The van der Waals surface area contributed by atoms with Crippen LogP contribution in [-0.4, -0.2) is 172 Å². The highest BCUT2D eigenvalue weighted by atomic mass is 16.7. The van der Waals surface area contributed by atoms with Gasteiger partial charge in [0.15, 0.2) is 24.1 Å². The molecule has 3 saturated heterocycles. The summed E-state index contributed by atoms with van der Waals surface area (Å²) in [5, 5.41) is 135. The lowest BCUT2D eigenvalue weighted by atomic mass is 9.96. The number of rotatable bonds is 9. The average Bonchev–Trinajstić information content (AvgIpc) is 3.12. The molecular formula is C33H41O20+. The van der Waals surface area contributed by atoms with Crippen LogP contribution in [0.1, 0.15) is 6.92 Å². The topological polar surface area (TPSA) is 330 Å². The largest absolute Gasteiger partial charge is 0.507 e. The Hall–Kier alpha value is -3.71. The number of fused-ring (bicyclic) bond motifs is 1. The summed E-state index contributed by atoms with van der Waals surface area (Å²) in [4.78, 5) is 0. The first-order valence-electron chi connectivity index (χ1n) is 16.4. The smallest absolute Gasteiger partial charge is 0.402 e. The third kappa shape index (κ3) is 7.65. The lowest BCUT2D eigenvalue weighted by Gasteiger charge is -2.46. The van der Waals surface area contributed by atoms with E-state index in [1.54, 1.807) is 0 Å². The average molecular weight is 758 g/mol. The molecule has 53 heavy (non-hydrogen) atoms. The number of hydrogen-bond acceptors (Lipinski definition) is 19. The molecule has 15 atom stereocenters. The van der Waals surface area contributed by atoms with Crippen molar-refractivity contribution in [1.29, 1.82) is 0 Å². The molecule has 0 bridgehead atoms. The van der Waals surface area contributed by atoms with E-state index in [0.717, 1.165) is 18.2 Å². The van der Waals surface area contributed by atoms with Crippen molar-refractivity contribution in [3.05, 3.63) is 36.4 Å². The van der Waals surface area contributed by atoms with E-state index in [0.29, 0.717) is 0 Å².